The summed E-state index contributed by atoms with van der Waals surface area (Å²) in [4.78, 5) is 24.4. The molecule has 0 bridgehead atoms. The summed E-state index contributed by atoms with van der Waals surface area (Å²) in [7, 11) is 1.60. The topological polar surface area (TPSA) is 93.5 Å². The Morgan fingerprint density at radius 1 is 1.27 bits per heavy atom. The number of carbonyl (C=O) groups is 2. The molecule has 144 valence electrons. The van der Waals surface area contributed by atoms with Gasteiger partial charge in [0.2, 0.25) is 5.91 Å². The third kappa shape index (κ3) is 3.10. The van der Waals surface area contributed by atoms with Crippen LogP contribution in [0.2, 0.25) is 0 Å². The van der Waals surface area contributed by atoms with Crippen LogP contribution < -0.4 is 16.4 Å². The van der Waals surface area contributed by atoms with E-state index in [0.29, 0.717) is 12.1 Å². The zero-order valence-corrected chi connectivity index (χ0v) is 16.3. The molecule has 3 rings (SSSR count). The summed E-state index contributed by atoms with van der Waals surface area (Å²) in [6, 6.07) is 7.17. The molecule has 2 amide bonds. The number of nitrogens with two attached hydrogens (primary N) is 1. The molecule has 4 N–H and O–H groups in total. The first-order valence-electron chi connectivity index (χ1n) is 8.82. The second kappa shape index (κ2) is 7.55. The SMILES string of the molecule is CNC(=O)c1ccc(CNC(=O)C2(N)C3CCCOC3C2(C)C)cc1.Cl. The number of benzene rings is 1. The quantitative estimate of drug-likeness (QED) is 0.738. The van der Waals surface area contributed by atoms with Gasteiger partial charge in [0, 0.05) is 37.1 Å². The number of amides is 2. The molecule has 0 radical (unpaired) electrons. The van der Waals surface area contributed by atoms with Crippen LogP contribution in [0, 0.1) is 11.3 Å². The van der Waals surface area contributed by atoms with Gasteiger partial charge in [-0.25, -0.2) is 0 Å². The van der Waals surface area contributed by atoms with Crippen molar-refractivity contribution in [2.75, 3.05) is 13.7 Å². The first kappa shape index (κ1) is 20.7. The van der Waals surface area contributed by atoms with Gasteiger partial charge in [-0.05, 0) is 30.5 Å². The van der Waals surface area contributed by atoms with E-state index in [1.54, 1.807) is 19.2 Å². The van der Waals surface area contributed by atoms with Gasteiger partial charge < -0.3 is 21.1 Å². The zero-order chi connectivity index (χ0) is 18.2. The number of carbonyl (C=O) groups excluding carboxylic acids is 2. The molecule has 1 saturated carbocycles. The third-order valence-corrected chi connectivity index (χ3v) is 5.96. The van der Waals surface area contributed by atoms with E-state index in [4.69, 9.17) is 10.5 Å². The van der Waals surface area contributed by atoms with Gasteiger partial charge in [0.25, 0.3) is 5.91 Å². The lowest BCUT2D eigenvalue weighted by molar-refractivity contribution is -0.225. The van der Waals surface area contributed by atoms with Crippen LogP contribution in [0.4, 0.5) is 0 Å². The maximum atomic E-state index is 12.9. The number of hydrogen-bond acceptors (Lipinski definition) is 4. The van der Waals surface area contributed by atoms with Gasteiger partial charge >= 0.3 is 0 Å². The second-order valence-corrected chi connectivity index (χ2v) is 7.59. The van der Waals surface area contributed by atoms with Crippen LogP contribution in [-0.4, -0.2) is 37.1 Å². The number of halogens is 1. The molecule has 6 nitrogen and oxygen atoms in total. The zero-order valence-electron chi connectivity index (χ0n) is 15.5. The average molecular weight is 382 g/mol. The molecular weight excluding hydrogens is 354 g/mol. The summed E-state index contributed by atoms with van der Waals surface area (Å²) in [5.74, 6) is -0.178. The van der Waals surface area contributed by atoms with Crippen LogP contribution in [-0.2, 0) is 16.1 Å². The first-order chi connectivity index (χ1) is 11.8. The predicted octanol–water partition coefficient (Wildman–Crippen LogP) is 1.62. The fraction of sp³-hybridized carbons (Fsp3) is 0.579. The van der Waals surface area contributed by atoms with Crippen LogP contribution in [0.25, 0.3) is 0 Å². The molecule has 3 unspecified atom stereocenters. The fourth-order valence-electron chi connectivity index (χ4n) is 4.28. The summed E-state index contributed by atoms with van der Waals surface area (Å²) in [6.07, 6.45) is 1.94. The van der Waals surface area contributed by atoms with Gasteiger partial charge in [0.05, 0.1) is 6.10 Å². The van der Waals surface area contributed by atoms with Crippen molar-refractivity contribution in [3.8, 4) is 0 Å². The highest BCUT2D eigenvalue weighted by Gasteiger charge is 2.70. The summed E-state index contributed by atoms with van der Waals surface area (Å²) < 4.78 is 5.85. The van der Waals surface area contributed by atoms with E-state index in [9.17, 15) is 9.59 Å². The van der Waals surface area contributed by atoms with Crippen LogP contribution in [0.1, 0.15) is 42.6 Å². The van der Waals surface area contributed by atoms with E-state index in [2.05, 4.69) is 10.6 Å². The molecule has 3 atom stereocenters. The molecule has 2 fully saturated rings. The van der Waals surface area contributed by atoms with Crippen molar-refractivity contribution in [1.82, 2.24) is 10.6 Å². The molecule has 1 aromatic rings. The van der Waals surface area contributed by atoms with Crippen molar-refractivity contribution < 1.29 is 14.3 Å². The number of rotatable bonds is 4. The predicted molar refractivity (Wildman–Crippen MR) is 102 cm³/mol. The van der Waals surface area contributed by atoms with E-state index < -0.39 is 5.54 Å². The van der Waals surface area contributed by atoms with Crippen molar-refractivity contribution in [2.24, 2.45) is 17.1 Å². The number of hydrogen-bond donors (Lipinski definition) is 3. The maximum absolute atomic E-state index is 12.9. The van der Waals surface area contributed by atoms with Gasteiger partial charge in [-0.2, -0.15) is 0 Å². The maximum Gasteiger partial charge on any atom is 0.251 e. The minimum absolute atomic E-state index is 0. The van der Waals surface area contributed by atoms with Gasteiger partial charge in [0.1, 0.15) is 5.54 Å². The van der Waals surface area contributed by atoms with Crippen molar-refractivity contribution in [1.29, 1.82) is 0 Å². The standard InChI is InChI=1S/C19H27N3O3.ClH/c1-18(2)15-14(5-4-10-25-15)19(18,20)17(24)22-11-12-6-8-13(9-7-12)16(23)21-3;/h6-9,14-15H,4-5,10-11,20H2,1-3H3,(H,21,23)(H,22,24);1H. The highest BCUT2D eigenvalue weighted by molar-refractivity contribution is 5.94. The lowest BCUT2D eigenvalue weighted by Gasteiger charge is -2.65. The highest BCUT2D eigenvalue weighted by atomic mass is 35.5. The molecule has 1 aliphatic heterocycles. The Bertz CT molecular complexity index is 677. The molecule has 0 spiro atoms. The van der Waals surface area contributed by atoms with Gasteiger partial charge in [0.15, 0.2) is 0 Å². The number of nitrogens with one attached hydrogen (secondary N) is 2. The molecule has 1 aromatic carbocycles. The van der Waals surface area contributed by atoms with Crippen molar-refractivity contribution in [2.45, 2.75) is 44.9 Å². The molecular formula is C19H28ClN3O3. The highest BCUT2D eigenvalue weighted by Crippen LogP contribution is 2.57. The second-order valence-electron chi connectivity index (χ2n) is 7.59. The monoisotopic (exact) mass is 381 g/mol. The van der Waals surface area contributed by atoms with Crippen LogP contribution in [0.15, 0.2) is 24.3 Å². The molecule has 1 heterocycles. The Kier molecular flexibility index (Phi) is 6.00. The Morgan fingerprint density at radius 2 is 1.92 bits per heavy atom. The molecule has 0 aromatic heterocycles. The van der Waals surface area contributed by atoms with Gasteiger partial charge in [-0.1, -0.05) is 26.0 Å². The first-order valence-corrected chi connectivity index (χ1v) is 8.82. The summed E-state index contributed by atoms with van der Waals surface area (Å²) >= 11 is 0. The van der Waals surface area contributed by atoms with Crippen LogP contribution in [0.5, 0.6) is 0 Å². The van der Waals surface area contributed by atoms with E-state index in [-0.39, 0.29) is 41.7 Å². The minimum atomic E-state index is -0.903. The molecule has 7 heteroatoms. The fourth-order valence-corrected chi connectivity index (χ4v) is 4.28. The van der Waals surface area contributed by atoms with E-state index >= 15 is 0 Å². The molecule has 1 saturated heterocycles. The Hall–Kier alpha value is -1.63. The Labute approximate surface area is 160 Å². The number of ether oxygens (including phenoxy) is 1. The minimum Gasteiger partial charge on any atom is -0.377 e. The van der Waals surface area contributed by atoms with E-state index in [1.807, 2.05) is 26.0 Å². The summed E-state index contributed by atoms with van der Waals surface area (Å²) in [5, 5.41) is 5.56. The Balaban J connectivity index is 0.00000243. The summed E-state index contributed by atoms with van der Waals surface area (Å²) in [6.45, 7) is 5.16. The molecule has 1 aliphatic carbocycles. The molecule has 26 heavy (non-hydrogen) atoms. The van der Waals surface area contributed by atoms with E-state index in [1.165, 1.54) is 0 Å². The smallest absolute Gasteiger partial charge is 0.251 e. The lowest BCUT2D eigenvalue weighted by atomic mass is 9.46. The third-order valence-electron chi connectivity index (χ3n) is 5.96. The van der Waals surface area contributed by atoms with Gasteiger partial charge in [-0.15, -0.1) is 12.4 Å². The Morgan fingerprint density at radius 3 is 2.54 bits per heavy atom. The van der Waals surface area contributed by atoms with Crippen molar-refractivity contribution in [3.05, 3.63) is 35.4 Å². The van der Waals surface area contributed by atoms with Crippen molar-refractivity contribution >= 4 is 24.2 Å². The average Bonchev–Trinajstić information content (AvgIpc) is 2.65. The van der Waals surface area contributed by atoms with Crippen LogP contribution in [0.3, 0.4) is 0 Å². The normalized spacial score (nSPS) is 28.8. The number of fused-ring (bicyclic) bond motifs is 1. The van der Waals surface area contributed by atoms with Gasteiger partial charge in [-0.3, -0.25) is 9.59 Å². The largest absolute Gasteiger partial charge is 0.377 e. The molecule has 2 aliphatic rings. The van der Waals surface area contributed by atoms with Crippen LogP contribution >= 0.6 is 12.4 Å². The van der Waals surface area contributed by atoms with Crippen molar-refractivity contribution in [3.63, 3.8) is 0 Å². The lowest BCUT2D eigenvalue weighted by Crippen LogP contribution is -2.82. The summed E-state index contributed by atoms with van der Waals surface area (Å²) in [5.41, 5.74) is 6.82. The van der Waals surface area contributed by atoms with E-state index in [0.717, 1.165) is 25.0 Å².